The number of hydrogen-bond acceptors (Lipinski definition) is 2. The minimum absolute atomic E-state index is 0.217. The zero-order valence-corrected chi connectivity index (χ0v) is 15.8. The lowest BCUT2D eigenvalue weighted by Crippen LogP contribution is -2.25. The Bertz CT molecular complexity index is 945. The Hall–Kier alpha value is -2.60. The molecule has 0 amide bonds. The maximum absolute atomic E-state index is 13.2. The Balaban J connectivity index is 2.21. The molecule has 3 rings (SSSR count). The van der Waals surface area contributed by atoms with Gasteiger partial charge in [-0.05, 0) is 40.9 Å². The van der Waals surface area contributed by atoms with E-state index in [2.05, 4.69) is 4.98 Å². The number of rotatable bonds is 4. The van der Waals surface area contributed by atoms with E-state index in [4.69, 9.17) is 4.74 Å². The molecule has 29 heavy (non-hydrogen) atoms. The van der Waals surface area contributed by atoms with Gasteiger partial charge in [0, 0.05) is 14.0 Å². The second kappa shape index (κ2) is 8.03. The summed E-state index contributed by atoms with van der Waals surface area (Å²) in [5.41, 5.74) is -1.42. The van der Waals surface area contributed by atoms with Gasteiger partial charge < -0.3 is 4.74 Å². The number of methoxy groups -OCH3 is 1. The van der Waals surface area contributed by atoms with Gasteiger partial charge in [0.25, 0.3) is 0 Å². The molecule has 0 aliphatic rings. The Kier molecular flexibility index (Phi) is 5.85. The van der Waals surface area contributed by atoms with Crippen LogP contribution >= 0.6 is 7.92 Å². The minimum Gasteiger partial charge on any atom is -0.481 e. The lowest BCUT2D eigenvalue weighted by Gasteiger charge is -2.21. The van der Waals surface area contributed by atoms with Crippen LogP contribution in [-0.2, 0) is 12.4 Å². The normalized spacial score (nSPS) is 12.3. The van der Waals surface area contributed by atoms with Gasteiger partial charge in [-0.2, -0.15) is 26.3 Å². The monoisotopic (exact) mass is 429 g/mol. The Morgan fingerprint density at radius 2 is 1.21 bits per heavy atom. The number of aromatic nitrogens is 1. The molecule has 1 heterocycles. The number of hydrogen-bond donors (Lipinski definition) is 0. The van der Waals surface area contributed by atoms with Crippen LogP contribution in [-0.4, -0.2) is 12.1 Å². The summed E-state index contributed by atoms with van der Waals surface area (Å²) in [6.07, 6.45) is -9.15. The van der Waals surface area contributed by atoms with Gasteiger partial charge in [0.15, 0.2) is 0 Å². The molecule has 0 spiro atoms. The third kappa shape index (κ3) is 4.88. The first kappa shape index (κ1) is 21.1. The van der Waals surface area contributed by atoms with Crippen LogP contribution in [0.15, 0.2) is 66.7 Å². The number of benzene rings is 2. The van der Waals surface area contributed by atoms with E-state index in [1.165, 1.54) is 31.4 Å². The molecule has 0 radical (unpaired) electrons. The van der Waals surface area contributed by atoms with Crippen LogP contribution in [0.25, 0.3) is 0 Å². The molecule has 2 nitrogen and oxygen atoms in total. The number of halogens is 6. The highest BCUT2D eigenvalue weighted by atomic mass is 31.1. The molecule has 0 aliphatic carbocycles. The summed E-state index contributed by atoms with van der Waals surface area (Å²) in [6, 6.07) is 13.8. The van der Waals surface area contributed by atoms with Gasteiger partial charge in [-0.1, -0.05) is 30.3 Å². The largest absolute Gasteiger partial charge is 0.481 e. The summed E-state index contributed by atoms with van der Waals surface area (Å²) < 4.78 is 84.3. The van der Waals surface area contributed by atoms with Crippen molar-refractivity contribution in [2.75, 3.05) is 7.11 Å². The first-order chi connectivity index (χ1) is 13.6. The van der Waals surface area contributed by atoms with Crippen molar-refractivity contribution in [2.45, 2.75) is 12.4 Å². The Labute approximate surface area is 163 Å². The van der Waals surface area contributed by atoms with Crippen molar-refractivity contribution in [3.8, 4) is 5.88 Å². The molecule has 9 heteroatoms. The summed E-state index contributed by atoms with van der Waals surface area (Å²) in [7, 11) is -0.408. The maximum Gasteiger partial charge on any atom is 0.416 e. The first-order valence-electron chi connectivity index (χ1n) is 8.25. The number of pyridine rings is 1. The molecule has 0 fully saturated rings. The zero-order chi connectivity index (χ0) is 21.2. The van der Waals surface area contributed by atoms with E-state index in [0.29, 0.717) is 5.44 Å². The van der Waals surface area contributed by atoms with Gasteiger partial charge in [0.05, 0.1) is 23.7 Å². The summed E-state index contributed by atoms with van der Waals surface area (Å²) in [6.45, 7) is 0. The fraction of sp³-hybridized carbons (Fsp3) is 0.150. The SMILES string of the molecule is COc1cccc(P(c2cccc(C(F)(F)F)c2)c2cccc(C(F)(F)F)c2)n1. The predicted molar refractivity (Wildman–Crippen MR) is 99.5 cm³/mol. The molecular formula is C20H14F6NOP. The standard InChI is InChI=1S/C20H14F6NOP/c1-28-17-9-4-10-18(27-17)29(15-7-2-5-13(11-15)19(21,22)23)16-8-3-6-14(12-16)20(24,25)26/h2-12H,1H3. The smallest absolute Gasteiger partial charge is 0.416 e. The fourth-order valence-electron chi connectivity index (χ4n) is 2.70. The average Bonchev–Trinajstić information content (AvgIpc) is 2.68. The highest BCUT2D eigenvalue weighted by Gasteiger charge is 2.33. The molecule has 0 saturated carbocycles. The molecule has 3 aromatic rings. The van der Waals surface area contributed by atoms with Crippen LogP contribution in [0.2, 0.25) is 0 Å². The van der Waals surface area contributed by atoms with Gasteiger partial charge >= 0.3 is 12.4 Å². The molecule has 0 aliphatic heterocycles. The summed E-state index contributed by atoms with van der Waals surface area (Å²) in [5, 5.41) is 0.463. The minimum atomic E-state index is -4.58. The van der Waals surface area contributed by atoms with E-state index < -0.39 is 31.4 Å². The highest BCUT2D eigenvalue weighted by molar-refractivity contribution is 7.79. The second-order valence-corrected chi connectivity index (χ2v) is 8.13. The van der Waals surface area contributed by atoms with Crippen molar-refractivity contribution in [3.05, 3.63) is 77.9 Å². The number of ether oxygens (including phenoxy) is 1. The van der Waals surface area contributed by atoms with Gasteiger partial charge in [0.1, 0.15) is 0 Å². The molecule has 0 unspecified atom stereocenters. The lowest BCUT2D eigenvalue weighted by atomic mass is 10.2. The summed E-state index contributed by atoms with van der Waals surface area (Å²) in [5.74, 6) is 0.217. The molecule has 2 aromatic carbocycles. The number of alkyl halides is 6. The van der Waals surface area contributed by atoms with E-state index in [0.717, 1.165) is 24.3 Å². The molecule has 0 saturated heterocycles. The van der Waals surface area contributed by atoms with Crippen molar-refractivity contribution in [1.82, 2.24) is 4.98 Å². The van der Waals surface area contributed by atoms with Gasteiger partial charge in [-0.3, -0.25) is 0 Å². The molecule has 0 bridgehead atoms. The van der Waals surface area contributed by atoms with E-state index in [9.17, 15) is 26.3 Å². The summed E-state index contributed by atoms with van der Waals surface area (Å²) in [4.78, 5) is 4.27. The van der Waals surface area contributed by atoms with E-state index in [1.54, 1.807) is 18.2 Å². The van der Waals surface area contributed by atoms with Crippen molar-refractivity contribution >= 4 is 24.0 Å². The van der Waals surface area contributed by atoms with Crippen LogP contribution in [0.5, 0.6) is 5.88 Å². The van der Waals surface area contributed by atoms with Crippen molar-refractivity contribution < 1.29 is 31.1 Å². The maximum atomic E-state index is 13.2. The molecular weight excluding hydrogens is 415 g/mol. The van der Waals surface area contributed by atoms with E-state index >= 15 is 0 Å². The van der Waals surface area contributed by atoms with Crippen LogP contribution in [0.1, 0.15) is 11.1 Å². The van der Waals surface area contributed by atoms with Crippen molar-refractivity contribution in [1.29, 1.82) is 0 Å². The predicted octanol–water partition coefficient (Wildman–Crippen LogP) is 4.89. The van der Waals surface area contributed by atoms with Crippen LogP contribution < -0.4 is 20.8 Å². The Morgan fingerprint density at radius 1 is 0.724 bits per heavy atom. The molecule has 152 valence electrons. The van der Waals surface area contributed by atoms with Gasteiger partial charge in [-0.25, -0.2) is 4.98 Å². The van der Waals surface area contributed by atoms with E-state index in [1.807, 2.05) is 0 Å². The molecule has 0 N–H and O–H groups in total. The molecule has 0 atom stereocenters. The highest BCUT2D eigenvalue weighted by Crippen LogP contribution is 2.37. The first-order valence-corrected chi connectivity index (χ1v) is 9.59. The average molecular weight is 429 g/mol. The van der Waals surface area contributed by atoms with Gasteiger partial charge in [0.2, 0.25) is 5.88 Å². The van der Waals surface area contributed by atoms with Crippen molar-refractivity contribution in [3.63, 3.8) is 0 Å². The number of nitrogens with zero attached hydrogens (tertiary/aromatic N) is 1. The second-order valence-electron chi connectivity index (χ2n) is 5.97. The van der Waals surface area contributed by atoms with Crippen molar-refractivity contribution in [2.24, 2.45) is 0 Å². The van der Waals surface area contributed by atoms with Gasteiger partial charge in [-0.15, -0.1) is 0 Å². The van der Waals surface area contributed by atoms with Crippen LogP contribution in [0.3, 0.4) is 0 Å². The van der Waals surface area contributed by atoms with Crippen LogP contribution in [0, 0.1) is 0 Å². The molecule has 1 aromatic heterocycles. The topological polar surface area (TPSA) is 22.1 Å². The lowest BCUT2D eigenvalue weighted by molar-refractivity contribution is -0.138. The third-order valence-electron chi connectivity index (χ3n) is 4.01. The van der Waals surface area contributed by atoms with Crippen LogP contribution in [0.4, 0.5) is 26.3 Å². The zero-order valence-electron chi connectivity index (χ0n) is 14.9. The van der Waals surface area contributed by atoms with E-state index in [-0.39, 0.29) is 16.5 Å². The Morgan fingerprint density at radius 3 is 1.66 bits per heavy atom. The summed E-state index contributed by atoms with van der Waals surface area (Å²) >= 11 is 0. The fourth-order valence-corrected chi connectivity index (χ4v) is 4.97. The third-order valence-corrected chi connectivity index (χ3v) is 6.31. The quantitative estimate of drug-likeness (QED) is 0.436.